The van der Waals surface area contributed by atoms with Crippen molar-refractivity contribution < 1.29 is 4.79 Å². The molecule has 0 saturated carbocycles. The monoisotopic (exact) mass is 252 g/mol. The van der Waals surface area contributed by atoms with Crippen molar-refractivity contribution in [3.8, 4) is 0 Å². The second-order valence-electron chi connectivity index (χ2n) is 4.89. The maximum atomic E-state index is 12.1. The molecule has 1 atom stereocenters. The molecule has 3 heteroatoms. The molecule has 19 heavy (non-hydrogen) atoms. The minimum absolute atomic E-state index is 0.0627. The van der Waals surface area contributed by atoms with Gasteiger partial charge in [-0.25, -0.2) is 0 Å². The van der Waals surface area contributed by atoms with Crippen molar-refractivity contribution in [3.63, 3.8) is 0 Å². The number of amides is 1. The zero-order chi connectivity index (χ0) is 13.2. The SMILES string of the molecule is Cc1cccc(N2CC(c3ccccc3)C(=O)N2)c1. The summed E-state index contributed by atoms with van der Waals surface area (Å²) in [6.45, 7) is 2.72. The number of hydrazine groups is 1. The zero-order valence-electron chi connectivity index (χ0n) is 10.8. The van der Waals surface area contributed by atoms with E-state index in [-0.39, 0.29) is 11.8 Å². The van der Waals surface area contributed by atoms with Gasteiger partial charge < -0.3 is 0 Å². The maximum Gasteiger partial charge on any atom is 0.247 e. The Balaban J connectivity index is 1.84. The predicted molar refractivity (Wildman–Crippen MR) is 75.9 cm³/mol. The van der Waals surface area contributed by atoms with E-state index < -0.39 is 0 Å². The highest BCUT2D eigenvalue weighted by Gasteiger charge is 2.31. The third-order valence-electron chi connectivity index (χ3n) is 3.44. The van der Waals surface area contributed by atoms with Crippen LogP contribution in [0, 0.1) is 6.92 Å². The molecule has 2 aromatic rings. The van der Waals surface area contributed by atoms with Crippen LogP contribution in [0.4, 0.5) is 5.69 Å². The molecule has 1 aliphatic heterocycles. The third-order valence-corrected chi connectivity index (χ3v) is 3.44. The van der Waals surface area contributed by atoms with E-state index in [9.17, 15) is 4.79 Å². The quantitative estimate of drug-likeness (QED) is 0.891. The smallest absolute Gasteiger partial charge is 0.247 e. The highest BCUT2D eigenvalue weighted by atomic mass is 16.2. The molecule has 1 fully saturated rings. The second kappa shape index (κ2) is 4.76. The van der Waals surface area contributed by atoms with Crippen LogP contribution in [-0.2, 0) is 4.79 Å². The lowest BCUT2D eigenvalue weighted by Gasteiger charge is -2.17. The molecular formula is C16H16N2O. The second-order valence-corrected chi connectivity index (χ2v) is 4.89. The van der Waals surface area contributed by atoms with Gasteiger partial charge in [0.1, 0.15) is 0 Å². The molecule has 0 spiro atoms. The van der Waals surface area contributed by atoms with Crippen molar-refractivity contribution in [1.29, 1.82) is 0 Å². The summed E-state index contributed by atoms with van der Waals surface area (Å²) in [7, 11) is 0. The number of anilines is 1. The van der Waals surface area contributed by atoms with Crippen LogP contribution >= 0.6 is 0 Å². The Morgan fingerprint density at radius 3 is 2.63 bits per heavy atom. The van der Waals surface area contributed by atoms with E-state index in [1.54, 1.807) is 0 Å². The highest BCUT2D eigenvalue weighted by Crippen LogP contribution is 2.25. The lowest BCUT2D eigenvalue weighted by Crippen LogP contribution is -2.32. The van der Waals surface area contributed by atoms with Crippen molar-refractivity contribution in [2.45, 2.75) is 12.8 Å². The fourth-order valence-corrected chi connectivity index (χ4v) is 2.43. The number of carbonyl (C=O) groups is 1. The van der Waals surface area contributed by atoms with Gasteiger partial charge in [-0.2, -0.15) is 0 Å². The molecule has 0 radical (unpaired) electrons. The van der Waals surface area contributed by atoms with Gasteiger partial charge >= 0.3 is 0 Å². The largest absolute Gasteiger partial charge is 0.284 e. The van der Waals surface area contributed by atoms with Crippen molar-refractivity contribution in [3.05, 3.63) is 65.7 Å². The van der Waals surface area contributed by atoms with Crippen LogP contribution in [0.3, 0.4) is 0 Å². The predicted octanol–water partition coefficient (Wildman–Crippen LogP) is 2.63. The molecule has 0 aromatic heterocycles. The summed E-state index contributed by atoms with van der Waals surface area (Å²) in [5.41, 5.74) is 6.23. The number of nitrogens with one attached hydrogen (secondary N) is 1. The summed E-state index contributed by atoms with van der Waals surface area (Å²) in [5.74, 6) is -0.0329. The fraction of sp³-hybridized carbons (Fsp3) is 0.188. The summed E-state index contributed by atoms with van der Waals surface area (Å²) in [6, 6.07) is 18.1. The number of aryl methyl sites for hydroxylation is 1. The first-order chi connectivity index (χ1) is 9.24. The number of nitrogens with zero attached hydrogens (tertiary/aromatic N) is 1. The Morgan fingerprint density at radius 2 is 1.89 bits per heavy atom. The van der Waals surface area contributed by atoms with E-state index in [1.807, 2.05) is 47.5 Å². The first kappa shape index (κ1) is 11.8. The normalized spacial score (nSPS) is 18.5. The molecule has 1 heterocycles. The zero-order valence-corrected chi connectivity index (χ0v) is 10.8. The fourth-order valence-electron chi connectivity index (χ4n) is 2.43. The average molecular weight is 252 g/mol. The van der Waals surface area contributed by atoms with Gasteiger partial charge in [0.2, 0.25) is 5.91 Å². The van der Waals surface area contributed by atoms with E-state index >= 15 is 0 Å². The Bertz CT molecular complexity index is 595. The van der Waals surface area contributed by atoms with Gasteiger partial charge in [0.25, 0.3) is 0 Å². The molecule has 0 bridgehead atoms. The molecule has 1 amide bonds. The van der Waals surface area contributed by atoms with Crippen LogP contribution in [0.1, 0.15) is 17.0 Å². The van der Waals surface area contributed by atoms with Gasteiger partial charge in [-0.05, 0) is 30.2 Å². The topological polar surface area (TPSA) is 32.3 Å². The van der Waals surface area contributed by atoms with Crippen LogP contribution in [0.5, 0.6) is 0 Å². The van der Waals surface area contributed by atoms with Gasteiger partial charge in [-0.3, -0.25) is 15.2 Å². The molecule has 1 aliphatic rings. The first-order valence-corrected chi connectivity index (χ1v) is 6.44. The van der Waals surface area contributed by atoms with E-state index in [0.29, 0.717) is 6.54 Å². The van der Waals surface area contributed by atoms with Gasteiger partial charge in [-0.1, -0.05) is 42.5 Å². The lowest BCUT2D eigenvalue weighted by atomic mass is 10.00. The number of rotatable bonds is 2. The van der Waals surface area contributed by atoms with Crippen molar-refractivity contribution >= 4 is 11.6 Å². The minimum atomic E-state index is -0.0956. The molecule has 1 unspecified atom stereocenters. The van der Waals surface area contributed by atoms with E-state index in [0.717, 1.165) is 11.3 Å². The Kier molecular flexibility index (Phi) is 2.95. The van der Waals surface area contributed by atoms with Gasteiger partial charge in [0, 0.05) is 0 Å². The summed E-state index contributed by atoms with van der Waals surface area (Å²) in [4.78, 5) is 12.1. The lowest BCUT2D eigenvalue weighted by molar-refractivity contribution is -0.120. The molecular weight excluding hydrogens is 236 g/mol. The molecule has 3 nitrogen and oxygen atoms in total. The molecule has 96 valence electrons. The van der Waals surface area contributed by atoms with Gasteiger partial charge in [0.05, 0.1) is 18.2 Å². The summed E-state index contributed by atoms with van der Waals surface area (Å²) >= 11 is 0. The highest BCUT2D eigenvalue weighted by molar-refractivity contribution is 5.88. The Morgan fingerprint density at radius 1 is 1.11 bits per heavy atom. The maximum absolute atomic E-state index is 12.1. The van der Waals surface area contributed by atoms with Crippen LogP contribution in [0.2, 0.25) is 0 Å². The van der Waals surface area contributed by atoms with Gasteiger partial charge in [-0.15, -0.1) is 0 Å². The molecule has 0 aliphatic carbocycles. The Labute approximate surface area is 112 Å². The number of benzene rings is 2. The summed E-state index contributed by atoms with van der Waals surface area (Å²) < 4.78 is 0. The van der Waals surface area contributed by atoms with Crippen molar-refractivity contribution in [2.75, 3.05) is 11.6 Å². The van der Waals surface area contributed by atoms with E-state index in [1.165, 1.54) is 5.56 Å². The molecule has 2 aromatic carbocycles. The standard InChI is InChI=1S/C16H16N2O/c1-12-6-5-9-14(10-12)18-11-15(16(19)17-18)13-7-3-2-4-8-13/h2-10,15H,11H2,1H3,(H,17,19). The Hall–Kier alpha value is -2.29. The average Bonchev–Trinajstić information content (AvgIpc) is 2.82. The van der Waals surface area contributed by atoms with Crippen molar-refractivity contribution in [1.82, 2.24) is 5.43 Å². The van der Waals surface area contributed by atoms with Crippen LogP contribution in [0.25, 0.3) is 0 Å². The minimum Gasteiger partial charge on any atom is -0.284 e. The molecule has 3 rings (SSSR count). The van der Waals surface area contributed by atoms with Crippen LogP contribution < -0.4 is 10.4 Å². The van der Waals surface area contributed by atoms with Crippen LogP contribution in [-0.4, -0.2) is 12.5 Å². The number of hydrogen-bond donors (Lipinski definition) is 1. The van der Waals surface area contributed by atoms with Crippen molar-refractivity contribution in [2.24, 2.45) is 0 Å². The van der Waals surface area contributed by atoms with E-state index in [2.05, 4.69) is 24.5 Å². The molecule has 1 saturated heterocycles. The van der Waals surface area contributed by atoms with Gasteiger partial charge in [0.15, 0.2) is 0 Å². The third kappa shape index (κ3) is 2.32. The van der Waals surface area contributed by atoms with Crippen LogP contribution in [0.15, 0.2) is 54.6 Å². The number of hydrogen-bond acceptors (Lipinski definition) is 2. The first-order valence-electron chi connectivity index (χ1n) is 6.44. The van der Waals surface area contributed by atoms with E-state index in [4.69, 9.17) is 0 Å². The summed E-state index contributed by atoms with van der Waals surface area (Å²) in [6.07, 6.45) is 0. The summed E-state index contributed by atoms with van der Waals surface area (Å²) in [5, 5.41) is 1.92. The molecule has 1 N–H and O–H groups in total. The number of carbonyl (C=O) groups excluding carboxylic acids is 1.